The molecule has 1 aliphatic rings. The molecule has 26 heavy (non-hydrogen) atoms. The van der Waals surface area contributed by atoms with Crippen LogP contribution in [0.2, 0.25) is 0 Å². The van der Waals surface area contributed by atoms with Gasteiger partial charge in [0.25, 0.3) is 21.8 Å². The van der Waals surface area contributed by atoms with Crippen LogP contribution in [0, 0.1) is 0 Å². The third-order valence-corrected chi connectivity index (χ3v) is 7.81. The highest BCUT2D eigenvalue weighted by Gasteiger charge is 2.40. The molecule has 8 nitrogen and oxygen atoms in total. The number of rotatable bonds is 4. The van der Waals surface area contributed by atoms with Crippen molar-refractivity contribution < 1.29 is 18.0 Å². The molecule has 2 aromatic heterocycles. The van der Waals surface area contributed by atoms with Crippen LogP contribution in [-0.4, -0.2) is 42.1 Å². The van der Waals surface area contributed by atoms with Crippen molar-refractivity contribution in [3.05, 3.63) is 46.0 Å². The van der Waals surface area contributed by atoms with Crippen molar-refractivity contribution in [2.24, 2.45) is 0 Å². The fourth-order valence-corrected chi connectivity index (χ4v) is 6.40. The van der Waals surface area contributed by atoms with E-state index in [0.717, 1.165) is 11.3 Å². The van der Waals surface area contributed by atoms with E-state index in [9.17, 15) is 18.0 Å². The number of carbonyl (C=O) groups is 2. The van der Waals surface area contributed by atoms with Gasteiger partial charge in [-0.1, -0.05) is 6.07 Å². The molecule has 1 atom stereocenters. The van der Waals surface area contributed by atoms with Gasteiger partial charge in [0.2, 0.25) is 0 Å². The van der Waals surface area contributed by atoms with Gasteiger partial charge in [0.05, 0.1) is 3.79 Å². The smallest absolute Gasteiger partial charge is 0.271 e. The average molecular weight is 459 g/mol. The summed E-state index contributed by atoms with van der Waals surface area (Å²) < 4.78 is 27.6. The van der Waals surface area contributed by atoms with Crippen LogP contribution in [-0.2, 0) is 14.8 Å². The molecule has 1 unspecified atom stereocenters. The fourth-order valence-electron chi connectivity index (χ4n) is 2.60. The summed E-state index contributed by atoms with van der Waals surface area (Å²) in [6, 6.07) is 7.09. The Balaban J connectivity index is 1.68. The standard InChI is InChI=1S/C15H15BrN4O4S2/c16-12-6-7-13(25-12)26(23,24)20-9-3-5-11(20)15(22)19-18-14(21)10-4-1-2-8-17-10/h1-2,4,6-8,11H,3,5,9H2,(H,18,21)(H,19,22). The van der Waals surface area contributed by atoms with Crippen molar-refractivity contribution in [2.45, 2.75) is 23.1 Å². The molecule has 3 rings (SSSR count). The van der Waals surface area contributed by atoms with Crippen LogP contribution in [0.5, 0.6) is 0 Å². The molecule has 2 N–H and O–H groups in total. The second-order valence-electron chi connectivity index (χ2n) is 5.49. The number of aromatic nitrogens is 1. The molecular formula is C15H15BrN4O4S2. The minimum atomic E-state index is -3.77. The van der Waals surface area contributed by atoms with E-state index in [1.807, 2.05) is 0 Å². The summed E-state index contributed by atoms with van der Waals surface area (Å²) in [4.78, 5) is 28.2. The van der Waals surface area contributed by atoms with Crippen molar-refractivity contribution in [3.63, 3.8) is 0 Å². The second kappa shape index (κ2) is 7.82. The maximum absolute atomic E-state index is 12.8. The first kappa shape index (κ1) is 19.0. The number of hydrazine groups is 1. The molecule has 0 aromatic carbocycles. The number of halogens is 1. The van der Waals surface area contributed by atoms with Gasteiger partial charge in [0.1, 0.15) is 15.9 Å². The lowest BCUT2D eigenvalue weighted by atomic mass is 10.2. The number of amides is 2. The van der Waals surface area contributed by atoms with Gasteiger partial charge in [0, 0.05) is 12.7 Å². The summed E-state index contributed by atoms with van der Waals surface area (Å²) in [7, 11) is -3.77. The summed E-state index contributed by atoms with van der Waals surface area (Å²) >= 11 is 4.33. The molecule has 0 bridgehead atoms. The molecule has 138 valence electrons. The molecule has 2 amide bonds. The Hall–Kier alpha value is -1.82. The zero-order chi connectivity index (χ0) is 18.7. The summed E-state index contributed by atoms with van der Waals surface area (Å²) in [6.07, 6.45) is 2.41. The molecule has 11 heteroatoms. The van der Waals surface area contributed by atoms with E-state index in [4.69, 9.17) is 0 Å². The van der Waals surface area contributed by atoms with Gasteiger partial charge in [-0.3, -0.25) is 25.4 Å². The van der Waals surface area contributed by atoms with Gasteiger partial charge in [-0.2, -0.15) is 4.31 Å². The normalized spacial score (nSPS) is 17.8. The van der Waals surface area contributed by atoms with Crippen molar-refractivity contribution in [2.75, 3.05) is 6.54 Å². The summed E-state index contributed by atoms with van der Waals surface area (Å²) in [5, 5.41) is 0. The Labute approximate surface area is 162 Å². The molecule has 1 fully saturated rings. The molecule has 2 aromatic rings. The monoisotopic (exact) mass is 458 g/mol. The summed E-state index contributed by atoms with van der Waals surface area (Å²) in [6.45, 7) is 0.254. The molecular weight excluding hydrogens is 444 g/mol. The van der Waals surface area contributed by atoms with Crippen LogP contribution in [0.1, 0.15) is 23.3 Å². The topological polar surface area (TPSA) is 108 Å². The van der Waals surface area contributed by atoms with Crippen LogP contribution < -0.4 is 10.9 Å². The third kappa shape index (κ3) is 3.95. The first-order valence-electron chi connectivity index (χ1n) is 7.68. The first-order valence-corrected chi connectivity index (χ1v) is 10.7. The van der Waals surface area contributed by atoms with Crippen LogP contribution in [0.4, 0.5) is 0 Å². The Morgan fingerprint density at radius 2 is 2.04 bits per heavy atom. The van der Waals surface area contributed by atoms with Gasteiger partial charge >= 0.3 is 0 Å². The Morgan fingerprint density at radius 3 is 2.69 bits per heavy atom. The van der Waals surface area contributed by atoms with Crippen molar-refractivity contribution in [1.82, 2.24) is 20.1 Å². The lowest BCUT2D eigenvalue weighted by molar-refractivity contribution is -0.125. The van der Waals surface area contributed by atoms with E-state index in [1.165, 1.54) is 22.6 Å². The van der Waals surface area contributed by atoms with E-state index in [0.29, 0.717) is 16.6 Å². The molecule has 3 heterocycles. The van der Waals surface area contributed by atoms with Crippen LogP contribution in [0.15, 0.2) is 44.5 Å². The molecule has 1 saturated heterocycles. The highest BCUT2D eigenvalue weighted by Crippen LogP contribution is 2.32. The van der Waals surface area contributed by atoms with Gasteiger partial charge in [-0.15, -0.1) is 11.3 Å². The molecule has 0 radical (unpaired) electrons. The number of nitrogens with zero attached hydrogens (tertiary/aromatic N) is 2. The van der Waals surface area contributed by atoms with E-state index in [2.05, 4.69) is 31.8 Å². The second-order valence-corrected chi connectivity index (χ2v) is 10.1. The predicted molar refractivity (Wildman–Crippen MR) is 98.8 cm³/mol. The number of hydrogen-bond acceptors (Lipinski definition) is 6. The van der Waals surface area contributed by atoms with Crippen LogP contribution >= 0.6 is 27.3 Å². The van der Waals surface area contributed by atoms with Crippen molar-refractivity contribution in [1.29, 1.82) is 0 Å². The summed E-state index contributed by atoms with van der Waals surface area (Å²) in [5.74, 6) is -1.15. The number of pyridine rings is 1. The number of nitrogens with one attached hydrogen (secondary N) is 2. The minimum absolute atomic E-state index is 0.145. The van der Waals surface area contributed by atoms with E-state index < -0.39 is 27.9 Å². The first-order chi connectivity index (χ1) is 12.4. The largest absolute Gasteiger partial charge is 0.288 e. The highest BCUT2D eigenvalue weighted by molar-refractivity contribution is 9.11. The van der Waals surface area contributed by atoms with E-state index >= 15 is 0 Å². The lowest BCUT2D eigenvalue weighted by Gasteiger charge is -2.22. The quantitative estimate of drug-likeness (QED) is 0.675. The molecule has 0 aliphatic carbocycles. The maximum Gasteiger partial charge on any atom is 0.288 e. The minimum Gasteiger partial charge on any atom is -0.271 e. The van der Waals surface area contributed by atoms with Gasteiger partial charge < -0.3 is 0 Å². The number of carbonyl (C=O) groups excluding carboxylic acids is 2. The molecule has 0 spiro atoms. The zero-order valence-electron chi connectivity index (χ0n) is 13.4. The van der Waals surface area contributed by atoms with Gasteiger partial charge in [-0.05, 0) is 53.0 Å². The Morgan fingerprint density at radius 1 is 1.23 bits per heavy atom. The third-order valence-electron chi connectivity index (χ3n) is 3.81. The van der Waals surface area contributed by atoms with Crippen LogP contribution in [0.25, 0.3) is 0 Å². The molecule has 0 saturated carbocycles. The zero-order valence-corrected chi connectivity index (χ0v) is 16.6. The Kier molecular flexibility index (Phi) is 5.70. The maximum atomic E-state index is 12.8. The molecule has 1 aliphatic heterocycles. The van der Waals surface area contributed by atoms with Crippen LogP contribution in [0.3, 0.4) is 0 Å². The van der Waals surface area contributed by atoms with Gasteiger partial charge in [-0.25, -0.2) is 8.42 Å². The van der Waals surface area contributed by atoms with Gasteiger partial charge in [0.15, 0.2) is 0 Å². The number of thiophene rings is 1. The number of sulfonamides is 1. The summed E-state index contributed by atoms with van der Waals surface area (Å²) in [5.41, 5.74) is 4.70. The van der Waals surface area contributed by atoms with E-state index in [1.54, 1.807) is 18.2 Å². The predicted octanol–water partition coefficient (Wildman–Crippen LogP) is 1.52. The highest BCUT2D eigenvalue weighted by atomic mass is 79.9. The SMILES string of the molecule is O=C(NNC(=O)C1CCCN1S(=O)(=O)c1ccc(Br)s1)c1ccccn1. The van der Waals surface area contributed by atoms with Crippen molar-refractivity contribution >= 4 is 49.1 Å². The average Bonchev–Trinajstić information content (AvgIpc) is 3.30. The number of hydrogen-bond donors (Lipinski definition) is 2. The Bertz CT molecular complexity index is 917. The fraction of sp³-hybridized carbons (Fsp3) is 0.267. The van der Waals surface area contributed by atoms with E-state index in [-0.39, 0.29) is 16.4 Å². The lowest BCUT2D eigenvalue weighted by Crippen LogP contribution is -2.51. The van der Waals surface area contributed by atoms with Crippen molar-refractivity contribution in [3.8, 4) is 0 Å².